The first-order chi connectivity index (χ1) is 12.5. The number of ether oxygens (including phenoxy) is 1. The van der Waals surface area contributed by atoms with Crippen molar-refractivity contribution in [1.29, 1.82) is 0 Å². The largest absolute Gasteiger partial charge is 0.497 e. The van der Waals surface area contributed by atoms with Crippen molar-refractivity contribution >= 4 is 38.3 Å². The van der Waals surface area contributed by atoms with Gasteiger partial charge in [0.15, 0.2) is 5.58 Å². The number of nitrogens with one attached hydrogen (secondary N) is 1. The minimum Gasteiger partial charge on any atom is -0.497 e. The van der Waals surface area contributed by atoms with Crippen LogP contribution in [0.2, 0.25) is 5.02 Å². The van der Waals surface area contributed by atoms with Crippen LogP contribution in [0, 0.1) is 0 Å². The number of methoxy groups -OCH3 is 1. The van der Waals surface area contributed by atoms with E-state index in [0.29, 0.717) is 22.0 Å². The highest BCUT2D eigenvalue weighted by Crippen LogP contribution is 2.38. The number of hydrogen-bond donors (Lipinski definition) is 1. The smallest absolute Gasteiger partial charge is 0.261 e. The van der Waals surface area contributed by atoms with Crippen molar-refractivity contribution in [3.05, 3.63) is 52.7 Å². The topological polar surface area (TPSA) is 68.5 Å². The lowest BCUT2D eigenvalue weighted by Gasteiger charge is -2.11. The second-order valence-electron chi connectivity index (χ2n) is 6.33. The molecule has 0 unspecified atom stereocenters. The molecule has 3 aromatic rings. The third-order valence-corrected chi connectivity index (χ3v) is 6.31. The van der Waals surface area contributed by atoms with Crippen molar-refractivity contribution in [2.45, 2.75) is 30.6 Å². The van der Waals surface area contributed by atoms with Gasteiger partial charge in [-0.05, 0) is 55.7 Å². The summed E-state index contributed by atoms with van der Waals surface area (Å²) < 4.78 is 38.9. The molecule has 1 aromatic heterocycles. The third-order valence-electron chi connectivity index (χ3n) is 4.63. The number of halogens is 1. The molecule has 0 radical (unpaired) electrons. The Morgan fingerprint density at radius 1 is 1.12 bits per heavy atom. The molecule has 0 saturated heterocycles. The average molecular weight is 392 g/mol. The van der Waals surface area contributed by atoms with E-state index in [1.54, 1.807) is 24.3 Å². The minimum absolute atomic E-state index is 0.156. The van der Waals surface area contributed by atoms with Gasteiger partial charge in [-0.2, -0.15) is 0 Å². The molecule has 1 N–H and O–H groups in total. The maximum atomic E-state index is 12.7. The Morgan fingerprint density at radius 3 is 2.58 bits per heavy atom. The fourth-order valence-corrected chi connectivity index (χ4v) is 4.65. The molecule has 136 valence electrons. The van der Waals surface area contributed by atoms with E-state index in [1.807, 2.05) is 0 Å². The van der Waals surface area contributed by atoms with Crippen molar-refractivity contribution in [2.24, 2.45) is 0 Å². The van der Waals surface area contributed by atoms with Gasteiger partial charge in [0.2, 0.25) is 0 Å². The van der Waals surface area contributed by atoms with Crippen LogP contribution in [-0.4, -0.2) is 15.5 Å². The quantitative estimate of drug-likeness (QED) is 0.695. The van der Waals surface area contributed by atoms with Gasteiger partial charge in [0.25, 0.3) is 10.0 Å². The predicted octanol–water partition coefficient (Wildman–Crippen LogP) is 4.77. The Morgan fingerprint density at radius 2 is 1.85 bits per heavy atom. The first-order valence-electron chi connectivity index (χ1n) is 8.38. The number of hydrogen-bond acceptors (Lipinski definition) is 4. The number of aryl methyl sites for hydroxylation is 2. The van der Waals surface area contributed by atoms with E-state index >= 15 is 0 Å². The van der Waals surface area contributed by atoms with Crippen molar-refractivity contribution < 1.29 is 17.6 Å². The average Bonchev–Trinajstić information content (AvgIpc) is 3.01. The monoisotopic (exact) mass is 391 g/mol. The Hall–Kier alpha value is -2.18. The Kier molecular flexibility index (Phi) is 4.32. The van der Waals surface area contributed by atoms with Crippen LogP contribution in [0.1, 0.15) is 24.2 Å². The molecule has 0 bridgehead atoms. The zero-order chi connectivity index (χ0) is 18.3. The first kappa shape index (κ1) is 17.2. The van der Waals surface area contributed by atoms with E-state index in [4.69, 9.17) is 20.8 Å². The zero-order valence-electron chi connectivity index (χ0n) is 14.2. The number of benzene rings is 2. The minimum atomic E-state index is -3.72. The van der Waals surface area contributed by atoms with Crippen molar-refractivity contribution in [3.63, 3.8) is 0 Å². The van der Waals surface area contributed by atoms with Crippen LogP contribution in [0.5, 0.6) is 5.75 Å². The normalized spacial score (nSPS) is 14.2. The molecule has 0 saturated carbocycles. The van der Waals surface area contributed by atoms with Crippen LogP contribution in [-0.2, 0) is 22.9 Å². The van der Waals surface area contributed by atoms with Gasteiger partial charge in [-0.15, -0.1) is 0 Å². The molecule has 1 aliphatic rings. The molecule has 7 heteroatoms. The summed E-state index contributed by atoms with van der Waals surface area (Å²) in [5.74, 6) is 1.56. The van der Waals surface area contributed by atoms with Crippen LogP contribution in [0.3, 0.4) is 0 Å². The van der Waals surface area contributed by atoms with Crippen molar-refractivity contribution in [3.8, 4) is 5.75 Å². The van der Waals surface area contributed by atoms with E-state index in [2.05, 4.69) is 4.72 Å². The molecule has 0 amide bonds. The summed E-state index contributed by atoms with van der Waals surface area (Å²) >= 11 is 6.35. The van der Waals surface area contributed by atoms with Crippen LogP contribution >= 0.6 is 11.6 Å². The maximum absolute atomic E-state index is 12.7. The number of sulfonamides is 1. The van der Waals surface area contributed by atoms with Crippen LogP contribution in [0.25, 0.3) is 11.0 Å². The second kappa shape index (κ2) is 6.52. The summed E-state index contributed by atoms with van der Waals surface area (Å²) in [4.78, 5) is 0.156. The fourth-order valence-electron chi connectivity index (χ4n) is 3.35. The molecule has 0 fully saturated rings. The van der Waals surface area contributed by atoms with Crippen LogP contribution in [0.4, 0.5) is 5.69 Å². The number of anilines is 1. The van der Waals surface area contributed by atoms with Gasteiger partial charge in [-0.3, -0.25) is 4.72 Å². The summed E-state index contributed by atoms with van der Waals surface area (Å²) in [7, 11) is -2.19. The van der Waals surface area contributed by atoms with Gasteiger partial charge in [-0.25, -0.2) is 8.42 Å². The number of rotatable bonds is 4. The van der Waals surface area contributed by atoms with E-state index in [1.165, 1.54) is 19.2 Å². The van der Waals surface area contributed by atoms with Gasteiger partial charge < -0.3 is 9.15 Å². The predicted molar refractivity (Wildman–Crippen MR) is 102 cm³/mol. The van der Waals surface area contributed by atoms with E-state index in [-0.39, 0.29) is 4.90 Å². The van der Waals surface area contributed by atoms with Crippen LogP contribution in [0.15, 0.2) is 45.7 Å². The maximum Gasteiger partial charge on any atom is 0.261 e. The lowest BCUT2D eigenvalue weighted by molar-refractivity contribution is 0.414. The van der Waals surface area contributed by atoms with Gasteiger partial charge in [0.05, 0.1) is 22.7 Å². The Labute approximate surface area is 157 Å². The molecule has 0 aliphatic heterocycles. The molecule has 5 nitrogen and oxygen atoms in total. The molecule has 0 spiro atoms. The first-order valence-corrected chi connectivity index (χ1v) is 10.2. The Balaban J connectivity index is 1.72. The molecular formula is C19H18ClNO4S. The highest BCUT2D eigenvalue weighted by molar-refractivity contribution is 7.92. The van der Waals surface area contributed by atoms with Gasteiger partial charge in [-0.1, -0.05) is 11.6 Å². The zero-order valence-corrected chi connectivity index (χ0v) is 15.8. The highest BCUT2D eigenvalue weighted by Gasteiger charge is 2.21. The summed E-state index contributed by atoms with van der Waals surface area (Å²) in [6, 6.07) is 9.60. The highest BCUT2D eigenvalue weighted by atomic mass is 35.5. The molecule has 1 aliphatic carbocycles. The number of furan rings is 1. The summed E-state index contributed by atoms with van der Waals surface area (Å²) in [6.45, 7) is 0. The molecular weight excluding hydrogens is 374 g/mol. The second-order valence-corrected chi connectivity index (χ2v) is 8.42. The lowest BCUT2D eigenvalue weighted by Crippen LogP contribution is -2.12. The molecule has 4 rings (SSSR count). The van der Waals surface area contributed by atoms with Crippen LogP contribution < -0.4 is 9.46 Å². The molecule has 26 heavy (non-hydrogen) atoms. The SMILES string of the molecule is COc1ccc(S(=O)(=O)Nc2cc(Cl)c3oc4c(c3c2)CCCC4)cc1. The Bertz CT molecular complexity index is 1070. The molecule has 0 atom stereocenters. The van der Waals surface area contributed by atoms with E-state index in [0.717, 1.165) is 42.4 Å². The van der Waals surface area contributed by atoms with E-state index in [9.17, 15) is 8.42 Å². The molecule has 1 heterocycles. The summed E-state index contributed by atoms with van der Waals surface area (Å²) in [6.07, 6.45) is 4.02. The lowest BCUT2D eigenvalue weighted by atomic mass is 9.96. The van der Waals surface area contributed by atoms with E-state index < -0.39 is 10.0 Å². The van der Waals surface area contributed by atoms with Gasteiger partial charge in [0, 0.05) is 17.4 Å². The van der Waals surface area contributed by atoms with Crippen molar-refractivity contribution in [2.75, 3.05) is 11.8 Å². The number of fused-ring (bicyclic) bond motifs is 3. The molecule has 2 aromatic carbocycles. The van der Waals surface area contributed by atoms with Gasteiger partial charge in [0.1, 0.15) is 11.5 Å². The van der Waals surface area contributed by atoms with Gasteiger partial charge >= 0.3 is 0 Å². The fraction of sp³-hybridized carbons (Fsp3) is 0.263. The third kappa shape index (κ3) is 3.04. The summed E-state index contributed by atoms with van der Waals surface area (Å²) in [5, 5.41) is 1.30. The van der Waals surface area contributed by atoms with Crippen molar-refractivity contribution in [1.82, 2.24) is 0 Å². The summed E-state index contributed by atoms with van der Waals surface area (Å²) in [5.41, 5.74) is 2.19. The standard InChI is InChI=1S/C19H18ClNO4S/c1-24-13-6-8-14(9-7-13)26(22,23)21-12-10-16-15-4-2-3-5-18(15)25-19(16)17(20)11-12/h6-11,21H,2-5H2,1H3.